The summed E-state index contributed by atoms with van der Waals surface area (Å²) in [4.78, 5) is 69.3. The van der Waals surface area contributed by atoms with Gasteiger partial charge in [0, 0.05) is 43.1 Å². The molecule has 61 heavy (non-hydrogen) atoms. The highest BCUT2D eigenvalue weighted by Gasteiger charge is 2.77. The minimum Gasteiger partial charge on any atom is -0.456 e. The molecule has 0 radical (unpaired) electrons. The second-order valence-electron chi connectivity index (χ2n) is 17.2. The van der Waals surface area contributed by atoms with E-state index in [4.69, 9.17) is 23.7 Å². The quantitative estimate of drug-likeness (QED) is 0.115. The molecular formula is C47H53NO13. The SMILES string of the molecule is CCC(=O)O[C@H]1C(=O)[C@@]2(C)[C@H]([C@H](OCc3ccccc3)[C@]3(O)C[C@H](OC(=O)[C@H](O)[C@@H](NC(=O)c4ccccc4)c4ccccc4)C=C1C3(C)C)[C@]1(OC(C)=O)CO[C@@H]1C[C@@H]2O. The van der Waals surface area contributed by atoms with Gasteiger partial charge in [0.2, 0.25) is 0 Å². The highest BCUT2D eigenvalue weighted by molar-refractivity contribution is 5.96. The van der Waals surface area contributed by atoms with Crippen LogP contribution in [0.2, 0.25) is 0 Å². The summed E-state index contributed by atoms with van der Waals surface area (Å²) < 4.78 is 30.9. The topological polar surface area (TPSA) is 204 Å². The van der Waals surface area contributed by atoms with Gasteiger partial charge in [0.05, 0.1) is 36.9 Å². The maximum absolute atomic E-state index is 15.5. The lowest BCUT2D eigenvalue weighted by molar-refractivity contribution is -0.351. The number of fused-ring (bicyclic) bond motifs is 5. The molecule has 3 aromatic rings. The molecule has 7 rings (SSSR count). The predicted molar refractivity (Wildman–Crippen MR) is 217 cm³/mol. The van der Waals surface area contributed by atoms with Crippen molar-refractivity contribution in [1.82, 2.24) is 5.32 Å². The minimum absolute atomic E-state index is 0.0750. The lowest BCUT2D eigenvalue weighted by Gasteiger charge is -2.67. The van der Waals surface area contributed by atoms with Crippen molar-refractivity contribution in [1.29, 1.82) is 0 Å². The van der Waals surface area contributed by atoms with Crippen molar-refractivity contribution in [3.8, 4) is 0 Å². The van der Waals surface area contributed by atoms with Gasteiger partial charge < -0.3 is 44.3 Å². The first-order valence-corrected chi connectivity index (χ1v) is 20.6. The molecule has 324 valence electrons. The van der Waals surface area contributed by atoms with Gasteiger partial charge in [-0.2, -0.15) is 0 Å². The first kappa shape index (κ1) is 43.8. The van der Waals surface area contributed by atoms with Crippen molar-refractivity contribution in [2.75, 3.05) is 6.61 Å². The number of ether oxygens (including phenoxy) is 5. The standard InChI is InChI=1S/C47H53NO13/c1-6-35(51)60-38-32-22-31(59-43(55)37(52)36(29-18-12-8-13-19-29)48-42(54)30-20-14-9-15-21-30)24-47(56,44(32,3)4)41(57-25-28-16-10-7-11-17-28)39-45(5,40(38)53)33(50)23-34-46(39,26-58-34)61-27(2)49/h7-22,31,33-34,36-39,41,50,52,56H,6,23-26H2,1-5H3,(H,48,54)/t31-,33+,34-,36+,37-,38-,39+,41+,45-,46+,47-/m1/s1. The summed E-state index contributed by atoms with van der Waals surface area (Å²) in [7, 11) is 0. The normalized spacial score (nSPS) is 32.1. The third kappa shape index (κ3) is 7.69. The van der Waals surface area contributed by atoms with E-state index in [1.807, 2.05) is 30.3 Å². The molecule has 4 N–H and O–H groups in total. The van der Waals surface area contributed by atoms with E-state index < -0.39 is 100 Å². The number of carbonyl (C=O) groups is 5. The van der Waals surface area contributed by atoms with E-state index in [2.05, 4.69) is 5.32 Å². The van der Waals surface area contributed by atoms with Crippen LogP contribution in [0.1, 0.15) is 81.4 Å². The summed E-state index contributed by atoms with van der Waals surface area (Å²) in [6, 6.07) is 24.4. The molecule has 4 aliphatic rings. The molecule has 1 saturated heterocycles. The molecule has 0 spiro atoms. The molecule has 0 aromatic heterocycles. The number of hydrogen-bond donors (Lipinski definition) is 4. The van der Waals surface area contributed by atoms with Crippen LogP contribution in [0.5, 0.6) is 0 Å². The molecule has 1 amide bonds. The Balaban J connectivity index is 1.35. The number of hydrogen-bond acceptors (Lipinski definition) is 13. The average Bonchev–Trinajstić information content (AvgIpc) is 3.24. The number of nitrogens with one attached hydrogen (secondary N) is 1. The first-order chi connectivity index (χ1) is 29.0. The number of benzene rings is 3. The maximum Gasteiger partial charge on any atom is 0.338 e. The van der Waals surface area contributed by atoms with E-state index in [1.54, 1.807) is 81.4 Å². The zero-order valence-electron chi connectivity index (χ0n) is 34.8. The molecule has 3 aliphatic carbocycles. The zero-order chi connectivity index (χ0) is 43.9. The smallest absolute Gasteiger partial charge is 0.338 e. The number of ketones is 1. The summed E-state index contributed by atoms with van der Waals surface area (Å²) in [6.45, 7) is 7.30. The van der Waals surface area contributed by atoms with Crippen molar-refractivity contribution in [3.05, 3.63) is 119 Å². The lowest BCUT2D eigenvalue weighted by atomic mass is 9.45. The van der Waals surface area contributed by atoms with Crippen LogP contribution < -0.4 is 5.32 Å². The van der Waals surface area contributed by atoms with Crippen LogP contribution in [0.3, 0.4) is 0 Å². The van der Waals surface area contributed by atoms with Gasteiger partial charge in [0.25, 0.3) is 5.91 Å². The van der Waals surface area contributed by atoms with Crippen LogP contribution in [-0.4, -0.2) is 99.4 Å². The number of Topliss-reactive ketones (excluding diaryl/α,β-unsaturated/α-hetero) is 1. The van der Waals surface area contributed by atoms with E-state index in [0.29, 0.717) is 11.1 Å². The fraction of sp³-hybridized carbons (Fsp3) is 0.468. The molecular weight excluding hydrogens is 787 g/mol. The summed E-state index contributed by atoms with van der Waals surface area (Å²) in [5.41, 5.74) is -5.64. The second kappa shape index (κ2) is 16.9. The number of carbonyl (C=O) groups excluding carboxylic acids is 5. The van der Waals surface area contributed by atoms with Gasteiger partial charge in [-0.25, -0.2) is 4.79 Å². The molecule has 3 fully saturated rings. The molecule has 1 heterocycles. The Morgan fingerprint density at radius 1 is 0.918 bits per heavy atom. The molecule has 0 unspecified atom stereocenters. The first-order valence-electron chi connectivity index (χ1n) is 20.6. The number of amides is 1. The van der Waals surface area contributed by atoms with Crippen LogP contribution in [0, 0.1) is 16.7 Å². The van der Waals surface area contributed by atoms with Gasteiger partial charge in [-0.3, -0.25) is 19.2 Å². The van der Waals surface area contributed by atoms with Crippen LogP contribution in [0.15, 0.2) is 103 Å². The molecule has 14 heteroatoms. The van der Waals surface area contributed by atoms with Crippen molar-refractivity contribution < 1.29 is 63.0 Å². The highest BCUT2D eigenvalue weighted by atomic mass is 16.6. The minimum atomic E-state index is -2.14. The largest absolute Gasteiger partial charge is 0.456 e. The Kier molecular flexibility index (Phi) is 12.1. The van der Waals surface area contributed by atoms with Gasteiger partial charge in [-0.15, -0.1) is 0 Å². The van der Waals surface area contributed by atoms with Gasteiger partial charge >= 0.3 is 17.9 Å². The van der Waals surface area contributed by atoms with E-state index >= 15 is 4.79 Å². The maximum atomic E-state index is 15.5. The van der Waals surface area contributed by atoms with Gasteiger partial charge in [0.1, 0.15) is 17.8 Å². The van der Waals surface area contributed by atoms with Crippen LogP contribution in [-0.2, 0) is 49.5 Å². The fourth-order valence-corrected chi connectivity index (χ4v) is 9.84. The Hall–Kier alpha value is -5.25. The zero-order valence-corrected chi connectivity index (χ0v) is 34.8. The van der Waals surface area contributed by atoms with Crippen molar-refractivity contribution in [2.24, 2.45) is 16.7 Å². The molecule has 3 aromatic carbocycles. The summed E-state index contributed by atoms with van der Waals surface area (Å²) in [6.07, 6.45) is -8.05. The van der Waals surface area contributed by atoms with E-state index in [-0.39, 0.29) is 43.6 Å². The highest BCUT2D eigenvalue weighted by Crippen LogP contribution is 2.63. The molecule has 1 aliphatic heterocycles. The Morgan fingerprint density at radius 2 is 1.54 bits per heavy atom. The van der Waals surface area contributed by atoms with Gasteiger partial charge in [-0.1, -0.05) is 99.6 Å². The molecule has 11 atom stereocenters. The third-order valence-corrected chi connectivity index (χ3v) is 13.3. The van der Waals surface area contributed by atoms with Gasteiger partial charge in [-0.05, 0) is 41.8 Å². The van der Waals surface area contributed by atoms with E-state index in [1.165, 1.54) is 19.9 Å². The summed E-state index contributed by atoms with van der Waals surface area (Å²) >= 11 is 0. The van der Waals surface area contributed by atoms with Crippen molar-refractivity contribution in [2.45, 2.75) is 114 Å². The molecule has 2 bridgehead atoms. The number of aliphatic hydroxyl groups excluding tert-OH is 2. The summed E-state index contributed by atoms with van der Waals surface area (Å²) in [5, 5.41) is 40.2. The van der Waals surface area contributed by atoms with Crippen molar-refractivity contribution in [3.63, 3.8) is 0 Å². The van der Waals surface area contributed by atoms with E-state index in [9.17, 15) is 34.5 Å². The average molecular weight is 840 g/mol. The number of esters is 3. The Labute approximate surface area is 354 Å². The molecule has 14 nitrogen and oxygen atoms in total. The second-order valence-corrected chi connectivity index (χ2v) is 17.2. The predicted octanol–water partition coefficient (Wildman–Crippen LogP) is 4.10. The van der Waals surface area contributed by atoms with Crippen LogP contribution >= 0.6 is 0 Å². The van der Waals surface area contributed by atoms with Crippen molar-refractivity contribution >= 4 is 29.6 Å². The monoisotopic (exact) mass is 839 g/mol. The Morgan fingerprint density at radius 3 is 2.13 bits per heavy atom. The fourth-order valence-electron chi connectivity index (χ4n) is 9.84. The Bertz CT molecular complexity index is 2160. The van der Waals surface area contributed by atoms with E-state index in [0.717, 1.165) is 0 Å². The lowest BCUT2D eigenvalue weighted by Crippen LogP contribution is -2.81. The summed E-state index contributed by atoms with van der Waals surface area (Å²) in [5.74, 6) is -5.23. The number of rotatable bonds is 12. The van der Waals surface area contributed by atoms with Crippen LogP contribution in [0.25, 0.3) is 0 Å². The van der Waals surface area contributed by atoms with Crippen LogP contribution in [0.4, 0.5) is 0 Å². The number of aliphatic hydroxyl groups is 3. The van der Waals surface area contributed by atoms with Gasteiger partial charge in [0.15, 0.2) is 23.6 Å². The third-order valence-electron chi connectivity index (χ3n) is 13.3. The molecule has 2 saturated carbocycles.